The molecule has 1 aromatic carbocycles. The number of rotatable bonds is 4. The van der Waals surface area contributed by atoms with Gasteiger partial charge in [-0.25, -0.2) is 0 Å². The summed E-state index contributed by atoms with van der Waals surface area (Å²) in [4.78, 5) is 1.82. The fourth-order valence-corrected chi connectivity index (χ4v) is 2.28. The van der Waals surface area contributed by atoms with Crippen LogP contribution in [0.4, 0.5) is 13.2 Å². The van der Waals surface area contributed by atoms with Crippen LogP contribution in [-0.2, 0) is 19.3 Å². The molecule has 0 saturated carbocycles. The minimum Gasteiger partial charge on any atom is -0.361 e. The van der Waals surface area contributed by atoms with E-state index in [4.69, 9.17) is 4.52 Å². The van der Waals surface area contributed by atoms with Gasteiger partial charge in [0.1, 0.15) is 5.76 Å². The maximum atomic E-state index is 13.0. The van der Waals surface area contributed by atoms with Crippen LogP contribution in [0, 0.1) is 13.8 Å². The molecule has 0 unspecified atom stereocenters. The van der Waals surface area contributed by atoms with Gasteiger partial charge in [0.15, 0.2) is 0 Å². The van der Waals surface area contributed by atoms with Crippen molar-refractivity contribution in [3.63, 3.8) is 0 Å². The standard InChI is InChI=1S/C15H17F3N2O/c1-10-13(11(2)21-19-10)9-20(3)8-12-6-4-5-7-14(12)15(16,17)18/h4-7H,8-9H2,1-3H3. The fourth-order valence-electron chi connectivity index (χ4n) is 2.28. The molecule has 6 heteroatoms. The van der Waals surface area contributed by atoms with E-state index in [0.29, 0.717) is 12.3 Å². The number of nitrogens with zero attached hydrogens (tertiary/aromatic N) is 2. The Bertz CT molecular complexity index is 600. The van der Waals surface area contributed by atoms with Gasteiger partial charge in [0.25, 0.3) is 0 Å². The average molecular weight is 298 g/mol. The molecule has 0 aliphatic heterocycles. The lowest BCUT2D eigenvalue weighted by Gasteiger charge is -2.19. The van der Waals surface area contributed by atoms with Gasteiger partial charge in [-0.3, -0.25) is 4.90 Å². The number of hydrogen-bond acceptors (Lipinski definition) is 3. The van der Waals surface area contributed by atoms with E-state index < -0.39 is 11.7 Å². The Hall–Kier alpha value is -1.82. The predicted molar refractivity (Wildman–Crippen MR) is 72.6 cm³/mol. The summed E-state index contributed by atoms with van der Waals surface area (Å²) in [6.07, 6.45) is -4.33. The van der Waals surface area contributed by atoms with Crippen molar-refractivity contribution in [2.24, 2.45) is 0 Å². The molecule has 0 fully saturated rings. The number of alkyl halides is 3. The van der Waals surface area contributed by atoms with E-state index in [1.165, 1.54) is 12.1 Å². The molecule has 0 aliphatic rings. The van der Waals surface area contributed by atoms with E-state index in [-0.39, 0.29) is 12.1 Å². The average Bonchev–Trinajstić information content (AvgIpc) is 2.70. The molecule has 2 rings (SSSR count). The second kappa shape index (κ2) is 5.89. The van der Waals surface area contributed by atoms with Crippen LogP contribution in [0.5, 0.6) is 0 Å². The van der Waals surface area contributed by atoms with E-state index >= 15 is 0 Å². The number of halogens is 3. The zero-order valence-electron chi connectivity index (χ0n) is 12.2. The zero-order chi connectivity index (χ0) is 15.6. The second-order valence-electron chi connectivity index (χ2n) is 5.13. The van der Waals surface area contributed by atoms with Crippen LogP contribution >= 0.6 is 0 Å². The quantitative estimate of drug-likeness (QED) is 0.856. The fraction of sp³-hybridized carbons (Fsp3) is 0.400. The summed E-state index contributed by atoms with van der Waals surface area (Å²) >= 11 is 0. The molecule has 0 bridgehead atoms. The summed E-state index contributed by atoms with van der Waals surface area (Å²) < 4.78 is 44.0. The first-order chi connectivity index (χ1) is 9.79. The van der Waals surface area contributed by atoms with Gasteiger partial charge in [-0.05, 0) is 32.5 Å². The van der Waals surface area contributed by atoms with Gasteiger partial charge < -0.3 is 4.52 Å². The molecular formula is C15H17F3N2O. The highest BCUT2D eigenvalue weighted by molar-refractivity contribution is 5.30. The van der Waals surface area contributed by atoms with Gasteiger partial charge in [0, 0.05) is 18.7 Å². The van der Waals surface area contributed by atoms with Gasteiger partial charge in [-0.1, -0.05) is 23.4 Å². The Morgan fingerprint density at radius 3 is 2.38 bits per heavy atom. The number of benzene rings is 1. The van der Waals surface area contributed by atoms with E-state index in [9.17, 15) is 13.2 Å². The lowest BCUT2D eigenvalue weighted by Crippen LogP contribution is -2.20. The van der Waals surface area contributed by atoms with E-state index in [1.807, 2.05) is 11.8 Å². The molecule has 0 aliphatic carbocycles. The van der Waals surface area contributed by atoms with Crippen molar-refractivity contribution in [1.82, 2.24) is 10.1 Å². The molecular weight excluding hydrogens is 281 g/mol. The van der Waals surface area contributed by atoms with Crippen molar-refractivity contribution in [1.29, 1.82) is 0 Å². The first-order valence-corrected chi connectivity index (χ1v) is 6.54. The molecule has 3 nitrogen and oxygen atoms in total. The van der Waals surface area contributed by atoms with Crippen molar-refractivity contribution in [2.45, 2.75) is 33.1 Å². The molecule has 1 aromatic heterocycles. The van der Waals surface area contributed by atoms with Crippen LogP contribution < -0.4 is 0 Å². The summed E-state index contributed by atoms with van der Waals surface area (Å²) in [6.45, 7) is 4.32. The van der Waals surface area contributed by atoms with Crippen molar-refractivity contribution >= 4 is 0 Å². The summed E-state index contributed by atoms with van der Waals surface area (Å²) in [5, 5.41) is 3.85. The zero-order valence-corrected chi connectivity index (χ0v) is 12.2. The van der Waals surface area contributed by atoms with Crippen LogP contribution in [0.2, 0.25) is 0 Å². The SMILES string of the molecule is Cc1noc(C)c1CN(C)Cc1ccccc1C(F)(F)F. The van der Waals surface area contributed by atoms with E-state index in [2.05, 4.69) is 5.16 Å². The maximum Gasteiger partial charge on any atom is 0.416 e. The third kappa shape index (κ3) is 3.64. The predicted octanol–water partition coefficient (Wildman–Crippen LogP) is 3.94. The first kappa shape index (κ1) is 15.6. The Morgan fingerprint density at radius 2 is 1.81 bits per heavy atom. The first-order valence-electron chi connectivity index (χ1n) is 6.54. The highest BCUT2D eigenvalue weighted by atomic mass is 19.4. The normalized spacial score (nSPS) is 12.1. The van der Waals surface area contributed by atoms with E-state index in [1.54, 1.807) is 20.0 Å². The summed E-state index contributed by atoms with van der Waals surface area (Å²) in [7, 11) is 1.78. The topological polar surface area (TPSA) is 29.3 Å². The third-order valence-corrected chi connectivity index (χ3v) is 3.37. The number of hydrogen-bond donors (Lipinski definition) is 0. The maximum absolute atomic E-state index is 13.0. The van der Waals surface area contributed by atoms with Crippen molar-refractivity contribution in [3.05, 3.63) is 52.4 Å². The highest BCUT2D eigenvalue weighted by Crippen LogP contribution is 2.32. The lowest BCUT2D eigenvalue weighted by atomic mass is 10.1. The largest absolute Gasteiger partial charge is 0.416 e. The molecule has 0 saturated heterocycles. The van der Waals surface area contributed by atoms with Crippen molar-refractivity contribution in [3.8, 4) is 0 Å². The van der Waals surface area contributed by atoms with Crippen molar-refractivity contribution in [2.75, 3.05) is 7.05 Å². The molecule has 0 N–H and O–H groups in total. The van der Waals surface area contributed by atoms with Gasteiger partial charge in [0.2, 0.25) is 0 Å². The van der Waals surface area contributed by atoms with Crippen LogP contribution in [0.3, 0.4) is 0 Å². The van der Waals surface area contributed by atoms with Crippen molar-refractivity contribution < 1.29 is 17.7 Å². The molecule has 0 amide bonds. The molecule has 0 atom stereocenters. The molecule has 21 heavy (non-hydrogen) atoms. The molecule has 0 spiro atoms. The summed E-state index contributed by atoms with van der Waals surface area (Å²) in [5.74, 6) is 0.698. The summed E-state index contributed by atoms with van der Waals surface area (Å²) in [5.41, 5.74) is 1.36. The third-order valence-electron chi connectivity index (χ3n) is 3.37. The van der Waals surface area contributed by atoms with Gasteiger partial charge in [0.05, 0.1) is 11.3 Å². The van der Waals surface area contributed by atoms with Crippen LogP contribution in [0.15, 0.2) is 28.8 Å². The minimum atomic E-state index is -4.33. The number of aryl methyl sites for hydroxylation is 2. The monoisotopic (exact) mass is 298 g/mol. The summed E-state index contributed by atoms with van der Waals surface area (Å²) in [6, 6.07) is 5.64. The van der Waals surface area contributed by atoms with Crippen LogP contribution in [0.25, 0.3) is 0 Å². The van der Waals surface area contributed by atoms with Crippen LogP contribution in [0.1, 0.15) is 28.1 Å². The van der Waals surface area contributed by atoms with Gasteiger partial charge >= 0.3 is 6.18 Å². The molecule has 1 heterocycles. The lowest BCUT2D eigenvalue weighted by molar-refractivity contribution is -0.138. The van der Waals surface area contributed by atoms with Gasteiger partial charge in [-0.15, -0.1) is 0 Å². The Morgan fingerprint density at radius 1 is 1.14 bits per heavy atom. The van der Waals surface area contributed by atoms with Crippen LogP contribution in [-0.4, -0.2) is 17.1 Å². The Balaban J connectivity index is 2.16. The second-order valence-corrected chi connectivity index (χ2v) is 5.13. The minimum absolute atomic E-state index is 0.208. The highest BCUT2D eigenvalue weighted by Gasteiger charge is 2.33. The molecule has 0 radical (unpaired) electrons. The number of aromatic nitrogens is 1. The van der Waals surface area contributed by atoms with E-state index in [0.717, 1.165) is 17.3 Å². The molecule has 114 valence electrons. The molecule has 2 aromatic rings. The smallest absolute Gasteiger partial charge is 0.361 e. The Kier molecular flexibility index (Phi) is 4.37. The van der Waals surface area contributed by atoms with Gasteiger partial charge in [-0.2, -0.15) is 13.2 Å². The Labute approximate surface area is 121 Å².